The van der Waals surface area contributed by atoms with Crippen LogP contribution in [0.25, 0.3) is 0 Å². The van der Waals surface area contributed by atoms with Crippen LogP contribution in [0, 0.1) is 34.5 Å². The smallest absolute Gasteiger partial charge is 0.334 e. The number of aliphatic hydroxyl groups is 3. The summed E-state index contributed by atoms with van der Waals surface area (Å²) >= 11 is 0. The Hall–Kier alpha value is -2.76. The van der Waals surface area contributed by atoms with E-state index in [4.69, 9.17) is 10.5 Å². The van der Waals surface area contributed by atoms with Gasteiger partial charge in [-0.15, -0.1) is 0 Å². The van der Waals surface area contributed by atoms with E-state index in [-0.39, 0.29) is 42.0 Å². The number of rotatable bonds is 8. The number of carboxylic acids is 1. The average Bonchev–Trinajstić information content (AvgIpc) is 3.43. The number of aliphatic hydroxyl groups excluding tert-OH is 1. The van der Waals surface area contributed by atoms with Crippen molar-refractivity contribution in [2.24, 2.45) is 45.2 Å². The Kier molecular flexibility index (Phi) is 8.81. The van der Waals surface area contributed by atoms with Crippen molar-refractivity contribution >= 4 is 11.9 Å². The van der Waals surface area contributed by atoms with Crippen molar-refractivity contribution in [1.82, 2.24) is 10.2 Å². The molecule has 2 aliphatic heterocycles. The van der Waals surface area contributed by atoms with Gasteiger partial charge in [0.1, 0.15) is 5.60 Å². The molecule has 262 valence electrons. The van der Waals surface area contributed by atoms with E-state index in [2.05, 4.69) is 23.3 Å². The zero-order valence-corrected chi connectivity index (χ0v) is 28.5. The fourth-order valence-electron chi connectivity index (χ4n) is 11.7. The maximum Gasteiger partial charge on any atom is 0.334 e. The van der Waals surface area contributed by atoms with E-state index in [1.165, 1.54) is 0 Å². The molecule has 0 radical (unpaired) electrons. The van der Waals surface area contributed by atoms with Crippen molar-refractivity contribution in [3.63, 3.8) is 0 Å². The molecule has 48 heavy (non-hydrogen) atoms. The fraction of sp³-hybridized carbons (Fsp3) is 0.684. The highest BCUT2D eigenvalue weighted by Crippen LogP contribution is 2.77. The van der Waals surface area contributed by atoms with Gasteiger partial charge in [0.15, 0.2) is 5.96 Å². The number of hydrogen-bond donors (Lipinski definition) is 6. The van der Waals surface area contributed by atoms with Gasteiger partial charge in [0, 0.05) is 56.6 Å². The molecule has 10 nitrogen and oxygen atoms in total. The molecule has 6 aliphatic rings. The lowest BCUT2D eigenvalue weighted by molar-refractivity contribution is -0.205. The summed E-state index contributed by atoms with van der Waals surface area (Å²) in [6, 6.07) is 10.0. The molecular formula is C38H54N4O6. The minimum absolute atomic E-state index is 0.0334. The summed E-state index contributed by atoms with van der Waals surface area (Å²) in [5.41, 5.74) is 5.02. The summed E-state index contributed by atoms with van der Waals surface area (Å²) in [6.45, 7) is 3.97. The summed E-state index contributed by atoms with van der Waals surface area (Å²) in [6.07, 6.45) is 10.1. The topological polar surface area (TPSA) is 161 Å². The zero-order chi connectivity index (χ0) is 33.9. The number of ether oxygens (including phenoxy) is 1. The molecule has 10 atom stereocenters. The Labute approximate surface area is 284 Å². The number of nitrogens with two attached hydrogens (primary N) is 1. The molecule has 4 aliphatic carbocycles. The molecule has 3 saturated carbocycles. The number of aliphatic imine (C=N–C) groups is 1. The van der Waals surface area contributed by atoms with E-state index in [1.807, 2.05) is 41.4 Å². The third-order valence-corrected chi connectivity index (χ3v) is 13.7. The molecule has 0 aromatic heterocycles. The van der Waals surface area contributed by atoms with Gasteiger partial charge in [-0.25, -0.2) is 4.79 Å². The van der Waals surface area contributed by atoms with Crippen molar-refractivity contribution in [1.29, 1.82) is 0 Å². The Balaban J connectivity index is 1.26. The molecule has 7 N–H and O–H groups in total. The van der Waals surface area contributed by atoms with Crippen molar-refractivity contribution < 1.29 is 30.0 Å². The van der Waals surface area contributed by atoms with Crippen LogP contribution in [0.15, 0.2) is 58.7 Å². The minimum atomic E-state index is -1.66. The SMILES string of the molecule is CN=C(N)N1C=C[C@H](CNCCO)[C@@]2(C1)[C@@H]1CC[C@@H](C)[C@]23C[C@](O)([C@@H]2CC[C@H]4CC[C@@](O)(Cc5ccccc5)C[C@H]4O2)C(C(=O)O)=C3C1. The number of hydrogen-bond acceptors (Lipinski definition) is 7. The second-order valence-corrected chi connectivity index (χ2v) is 15.9. The predicted octanol–water partition coefficient (Wildman–Crippen LogP) is 3.22. The molecule has 0 unspecified atom stereocenters. The van der Waals surface area contributed by atoms with Crippen LogP contribution in [0.2, 0.25) is 0 Å². The number of carboxylic acid groups (broad SMARTS) is 1. The van der Waals surface area contributed by atoms with Gasteiger partial charge in [0.2, 0.25) is 0 Å². The standard InChI is InChI=1S/C38H54N4O6/c1-24-8-10-27-18-29-32(33(44)45)38(47,22-36(24,29)37(27)23-42(34(39)40-2)16-13-28(37)21-41-15-17-43)31-11-9-26-12-14-35(46,20-30(26)48-31)19-25-6-4-3-5-7-25/h3-7,13,16,24,26-28,30-31,41,43,46-47H,8-12,14-15,17-23H2,1-2H3,(H2,39,40)(H,44,45)/t24-,26+,27-,28-,30-,31+,35-,36+,37-,38+/m1/s1. The van der Waals surface area contributed by atoms with Crippen molar-refractivity contribution in [3.8, 4) is 0 Å². The Morgan fingerprint density at radius 2 is 1.94 bits per heavy atom. The second kappa shape index (κ2) is 12.5. The van der Waals surface area contributed by atoms with E-state index in [9.17, 15) is 25.2 Å². The van der Waals surface area contributed by atoms with Gasteiger partial charge >= 0.3 is 5.97 Å². The van der Waals surface area contributed by atoms with Crippen molar-refractivity contribution in [2.75, 3.05) is 33.3 Å². The maximum absolute atomic E-state index is 13.4. The molecule has 2 bridgehead atoms. The van der Waals surface area contributed by atoms with Crippen LogP contribution in [-0.4, -0.2) is 94.0 Å². The van der Waals surface area contributed by atoms with Gasteiger partial charge in [0.05, 0.1) is 30.0 Å². The van der Waals surface area contributed by atoms with Gasteiger partial charge in [-0.3, -0.25) is 4.99 Å². The summed E-state index contributed by atoms with van der Waals surface area (Å²) in [4.78, 5) is 19.8. The summed E-state index contributed by atoms with van der Waals surface area (Å²) in [7, 11) is 1.68. The molecular weight excluding hydrogens is 608 g/mol. The maximum atomic E-state index is 13.4. The van der Waals surface area contributed by atoms with E-state index in [1.54, 1.807) is 7.05 Å². The van der Waals surface area contributed by atoms with Crippen LogP contribution < -0.4 is 11.1 Å². The first-order valence-electron chi connectivity index (χ1n) is 18.1. The molecule has 4 fully saturated rings. The number of aliphatic carboxylic acids is 1. The van der Waals surface area contributed by atoms with Gasteiger partial charge in [-0.2, -0.15) is 0 Å². The first kappa shape index (κ1) is 33.7. The van der Waals surface area contributed by atoms with Gasteiger partial charge in [-0.05, 0) is 86.2 Å². The number of nitrogens with zero attached hydrogens (tertiary/aromatic N) is 2. The number of allylic oxidation sites excluding steroid dienone is 1. The number of fused-ring (bicyclic) bond motifs is 1. The monoisotopic (exact) mass is 662 g/mol. The van der Waals surface area contributed by atoms with Crippen LogP contribution in [0.1, 0.15) is 70.3 Å². The van der Waals surface area contributed by atoms with Gasteiger partial charge in [-0.1, -0.05) is 43.3 Å². The van der Waals surface area contributed by atoms with E-state index >= 15 is 0 Å². The van der Waals surface area contributed by atoms with Gasteiger partial charge in [0.25, 0.3) is 0 Å². The van der Waals surface area contributed by atoms with Gasteiger partial charge < -0.3 is 41.1 Å². The third-order valence-electron chi connectivity index (χ3n) is 13.7. The number of carbonyl (C=O) groups is 1. The lowest BCUT2D eigenvalue weighted by Crippen LogP contribution is -2.63. The summed E-state index contributed by atoms with van der Waals surface area (Å²) in [5, 5.41) is 48.8. The fourth-order valence-corrected chi connectivity index (χ4v) is 11.7. The second-order valence-electron chi connectivity index (χ2n) is 15.9. The van der Waals surface area contributed by atoms with E-state index in [0.29, 0.717) is 64.1 Å². The number of benzene rings is 1. The Morgan fingerprint density at radius 3 is 2.67 bits per heavy atom. The van der Waals surface area contributed by atoms with Crippen LogP contribution in [0.3, 0.4) is 0 Å². The number of nitrogens with one attached hydrogen (secondary N) is 1. The largest absolute Gasteiger partial charge is 0.478 e. The molecule has 0 amide bonds. The van der Waals surface area contributed by atoms with E-state index in [0.717, 1.165) is 36.8 Å². The Morgan fingerprint density at radius 1 is 1.15 bits per heavy atom. The highest BCUT2D eigenvalue weighted by Gasteiger charge is 2.76. The first-order valence-corrected chi connectivity index (χ1v) is 18.1. The highest BCUT2D eigenvalue weighted by molar-refractivity contribution is 5.92. The third kappa shape index (κ3) is 5.08. The van der Waals surface area contributed by atoms with Crippen molar-refractivity contribution in [3.05, 3.63) is 59.3 Å². The minimum Gasteiger partial charge on any atom is -0.478 e. The lowest BCUT2D eigenvalue weighted by atomic mass is 9.45. The molecule has 7 rings (SSSR count). The number of guanidine groups is 1. The van der Waals surface area contributed by atoms with Crippen LogP contribution in [-0.2, 0) is 16.0 Å². The normalized spacial score (nSPS) is 42.3. The Bertz CT molecular complexity index is 1480. The molecule has 1 saturated heterocycles. The predicted molar refractivity (Wildman–Crippen MR) is 183 cm³/mol. The molecule has 10 heteroatoms. The van der Waals surface area contributed by atoms with Crippen LogP contribution in [0.4, 0.5) is 0 Å². The van der Waals surface area contributed by atoms with E-state index < -0.39 is 34.1 Å². The highest BCUT2D eigenvalue weighted by atomic mass is 16.5. The quantitative estimate of drug-likeness (QED) is 0.140. The molecule has 1 aromatic rings. The lowest BCUT2D eigenvalue weighted by Gasteiger charge is -2.61. The summed E-state index contributed by atoms with van der Waals surface area (Å²) < 4.78 is 6.87. The zero-order valence-electron chi connectivity index (χ0n) is 28.5. The van der Waals surface area contributed by atoms with Crippen LogP contribution in [0.5, 0.6) is 0 Å². The molecule has 2 heterocycles. The van der Waals surface area contributed by atoms with Crippen LogP contribution >= 0.6 is 0 Å². The molecule has 2 spiro atoms. The first-order chi connectivity index (χ1) is 23.0. The van der Waals surface area contributed by atoms with Crippen molar-refractivity contribution in [2.45, 2.75) is 94.5 Å². The average molecular weight is 663 g/mol. The summed E-state index contributed by atoms with van der Waals surface area (Å²) in [5.74, 6) is 0.0208. The molecule has 1 aromatic carbocycles.